The fourth-order valence-electron chi connectivity index (χ4n) is 1.69. The topological polar surface area (TPSA) is 64.9 Å². The van der Waals surface area contributed by atoms with Gasteiger partial charge in [-0.3, -0.25) is 0 Å². The van der Waals surface area contributed by atoms with E-state index in [0.717, 1.165) is 12.0 Å². The standard InChI is InChI=1S/C14H17Cl2N3OS/c1-3-8(2)12(17)13-18-19-14(20-13)21-7-9-4-5-10(15)6-11(9)16/h4-6,8,12H,3,7,17H2,1-2H3/t8-,12-/m1/s1. The number of hydrogen-bond donors (Lipinski definition) is 1. The predicted octanol–water partition coefficient (Wildman–Crippen LogP) is 4.71. The molecule has 0 saturated heterocycles. The largest absolute Gasteiger partial charge is 0.414 e. The van der Waals surface area contributed by atoms with Crippen molar-refractivity contribution in [1.82, 2.24) is 10.2 Å². The number of thioether (sulfide) groups is 1. The summed E-state index contributed by atoms with van der Waals surface area (Å²) in [5.41, 5.74) is 7.04. The Labute approximate surface area is 138 Å². The molecule has 2 atom stereocenters. The highest BCUT2D eigenvalue weighted by atomic mass is 35.5. The second-order valence-electron chi connectivity index (χ2n) is 4.84. The molecular formula is C14H17Cl2N3OS. The van der Waals surface area contributed by atoms with Crippen molar-refractivity contribution in [2.45, 2.75) is 37.3 Å². The van der Waals surface area contributed by atoms with Gasteiger partial charge < -0.3 is 10.2 Å². The van der Waals surface area contributed by atoms with Crippen LogP contribution in [0.1, 0.15) is 37.8 Å². The molecule has 0 saturated carbocycles. The third-order valence-corrected chi connectivity index (χ3v) is 4.78. The summed E-state index contributed by atoms with van der Waals surface area (Å²) in [6.45, 7) is 4.15. The molecule has 2 N–H and O–H groups in total. The third kappa shape index (κ3) is 4.36. The maximum Gasteiger partial charge on any atom is 0.276 e. The van der Waals surface area contributed by atoms with E-state index in [2.05, 4.69) is 24.0 Å². The molecule has 21 heavy (non-hydrogen) atoms. The maximum atomic E-state index is 6.13. The minimum Gasteiger partial charge on any atom is -0.414 e. The smallest absolute Gasteiger partial charge is 0.276 e. The molecular weight excluding hydrogens is 329 g/mol. The van der Waals surface area contributed by atoms with E-state index >= 15 is 0 Å². The molecule has 0 unspecified atom stereocenters. The van der Waals surface area contributed by atoms with E-state index in [0.29, 0.717) is 32.8 Å². The van der Waals surface area contributed by atoms with Gasteiger partial charge in [-0.2, -0.15) is 0 Å². The molecule has 0 spiro atoms. The number of nitrogens with zero attached hydrogens (tertiary/aromatic N) is 2. The maximum absolute atomic E-state index is 6.13. The van der Waals surface area contributed by atoms with Crippen LogP contribution in [0.5, 0.6) is 0 Å². The molecule has 2 rings (SSSR count). The number of rotatable bonds is 6. The Morgan fingerprint density at radius 2 is 2.10 bits per heavy atom. The van der Waals surface area contributed by atoms with Gasteiger partial charge in [0, 0.05) is 15.8 Å². The molecule has 4 nitrogen and oxygen atoms in total. The molecule has 0 amide bonds. The molecule has 114 valence electrons. The van der Waals surface area contributed by atoms with Crippen LogP contribution in [-0.4, -0.2) is 10.2 Å². The average molecular weight is 346 g/mol. The fraction of sp³-hybridized carbons (Fsp3) is 0.429. The lowest BCUT2D eigenvalue weighted by atomic mass is 10.0. The van der Waals surface area contributed by atoms with Crippen molar-refractivity contribution in [3.63, 3.8) is 0 Å². The van der Waals surface area contributed by atoms with Gasteiger partial charge in [0.05, 0.1) is 6.04 Å². The van der Waals surface area contributed by atoms with Crippen molar-refractivity contribution in [3.8, 4) is 0 Å². The first-order valence-electron chi connectivity index (χ1n) is 6.67. The Kier molecular flexibility index (Phi) is 5.93. The second kappa shape index (κ2) is 7.49. The quantitative estimate of drug-likeness (QED) is 0.767. The van der Waals surface area contributed by atoms with Crippen LogP contribution >= 0.6 is 35.0 Å². The lowest BCUT2D eigenvalue weighted by Gasteiger charge is -2.13. The zero-order chi connectivity index (χ0) is 15.4. The van der Waals surface area contributed by atoms with Crippen LogP contribution in [0.4, 0.5) is 0 Å². The Hall–Kier alpha value is -0.750. The van der Waals surface area contributed by atoms with Gasteiger partial charge in [0.2, 0.25) is 5.89 Å². The predicted molar refractivity (Wildman–Crippen MR) is 86.7 cm³/mol. The van der Waals surface area contributed by atoms with Gasteiger partial charge in [0.25, 0.3) is 5.22 Å². The van der Waals surface area contributed by atoms with Crippen molar-refractivity contribution in [2.24, 2.45) is 11.7 Å². The molecule has 1 heterocycles. The first-order valence-corrected chi connectivity index (χ1v) is 8.41. The van der Waals surface area contributed by atoms with Crippen LogP contribution in [0.3, 0.4) is 0 Å². The summed E-state index contributed by atoms with van der Waals surface area (Å²) in [5.74, 6) is 1.42. The minimum atomic E-state index is -0.226. The van der Waals surface area contributed by atoms with Crippen molar-refractivity contribution < 1.29 is 4.42 Å². The van der Waals surface area contributed by atoms with Crippen LogP contribution in [0.15, 0.2) is 27.8 Å². The van der Waals surface area contributed by atoms with E-state index in [1.54, 1.807) is 12.1 Å². The lowest BCUT2D eigenvalue weighted by Crippen LogP contribution is -2.18. The molecule has 0 aliphatic carbocycles. The summed E-state index contributed by atoms with van der Waals surface area (Å²) < 4.78 is 5.60. The highest BCUT2D eigenvalue weighted by molar-refractivity contribution is 7.98. The fourth-order valence-corrected chi connectivity index (χ4v) is 3.02. The van der Waals surface area contributed by atoms with Crippen LogP contribution in [0, 0.1) is 5.92 Å². The molecule has 2 aromatic rings. The van der Waals surface area contributed by atoms with Gasteiger partial charge in [0.15, 0.2) is 0 Å². The van der Waals surface area contributed by atoms with Gasteiger partial charge in [-0.1, -0.05) is 61.3 Å². The first kappa shape index (κ1) is 16.6. The van der Waals surface area contributed by atoms with E-state index in [1.807, 2.05) is 6.07 Å². The zero-order valence-electron chi connectivity index (χ0n) is 11.8. The molecule has 7 heteroatoms. The SMILES string of the molecule is CC[C@@H](C)[C@@H](N)c1nnc(SCc2ccc(Cl)cc2Cl)o1. The molecule has 0 aliphatic rings. The summed E-state index contributed by atoms with van der Waals surface area (Å²) in [6.07, 6.45) is 0.965. The van der Waals surface area contributed by atoms with Gasteiger partial charge in [-0.25, -0.2) is 0 Å². The highest BCUT2D eigenvalue weighted by Gasteiger charge is 2.20. The number of nitrogens with two attached hydrogens (primary N) is 1. The Morgan fingerprint density at radius 1 is 1.33 bits per heavy atom. The summed E-state index contributed by atoms with van der Waals surface area (Å²) in [4.78, 5) is 0. The minimum absolute atomic E-state index is 0.226. The van der Waals surface area contributed by atoms with E-state index in [4.69, 9.17) is 33.4 Å². The van der Waals surface area contributed by atoms with Crippen LogP contribution in [-0.2, 0) is 5.75 Å². The summed E-state index contributed by atoms with van der Waals surface area (Å²) >= 11 is 13.4. The molecule has 0 bridgehead atoms. The van der Waals surface area contributed by atoms with E-state index < -0.39 is 0 Å². The Bertz CT molecular complexity index is 606. The molecule has 1 aromatic carbocycles. The Morgan fingerprint density at radius 3 is 2.76 bits per heavy atom. The zero-order valence-corrected chi connectivity index (χ0v) is 14.2. The van der Waals surface area contributed by atoms with E-state index in [-0.39, 0.29) is 6.04 Å². The monoisotopic (exact) mass is 345 g/mol. The first-order chi connectivity index (χ1) is 10.0. The summed E-state index contributed by atoms with van der Waals surface area (Å²) in [7, 11) is 0. The van der Waals surface area contributed by atoms with Crippen molar-refractivity contribution in [3.05, 3.63) is 39.7 Å². The summed E-state index contributed by atoms with van der Waals surface area (Å²) in [5, 5.41) is 9.78. The van der Waals surface area contributed by atoms with Gasteiger partial charge in [-0.05, 0) is 23.6 Å². The third-order valence-electron chi connectivity index (χ3n) is 3.33. The van der Waals surface area contributed by atoms with Crippen LogP contribution < -0.4 is 5.73 Å². The number of aromatic nitrogens is 2. The van der Waals surface area contributed by atoms with Crippen molar-refractivity contribution >= 4 is 35.0 Å². The number of halogens is 2. The van der Waals surface area contributed by atoms with E-state index in [1.165, 1.54) is 11.8 Å². The highest BCUT2D eigenvalue weighted by Crippen LogP contribution is 2.29. The van der Waals surface area contributed by atoms with E-state index in [9.17, 15) is 0 Å². The van der Waals surface area contributed by atoms with Crippen LogP contribution in [0.2, 0.25) is 10.0 Å². The lowest BCUT2D eigenvalue weighted by molar-refractivity contribution is 0.333. The normalized spacial score (nSPS) is 14.1. The van der Waals surface area contributed by atoms with Crippen molar-refractivity contribution in [2.75, 3.05) is 0 Å². The van der Waals surface area contributed by atoms with Crippen LogP contribution in [0.25, 0.3) is 0 Å². The Balaban J connectivity index is 1.99. The van der Waals surface area contributed by atoms with Gasteiger partial charge in [-0.15, -0.1) is 10.2 Å². The summed E-state index contributed by atoms with van der Waals surface area (Å²) in [6, 6.07) is 5.19. The van der Waals surface area contributed by atoms with Crippen molar-refractivity contribution in [1.29, 1.82) is 0 Å². The molecule has 0 radical (unpaired) electrons. The number of hydrogen-bond acceptors (Lipinski definition) is 5. The second-order valence-corrected chi connectivity index (χ2v) is 6.61. The van der Waals surface area contributed by atoms with Gasteiger partial charge >= 0.3 is 0 Å². The molecule has 0 aliphatic heterocycles. The number of benzene rings is 1. The molecule has 1 aromatic heterocycles. The molecule has 0 fully saturated rings. The van der Waals surface area contributed by atoms with Gasteiger partial charge in [0.1, 0.15) is 0 Å². The average Bonchev–Trinajstić information content (AvgIpc) is 2.93.